The Morgan fingerprint density at radius 3 is 2.54 bits per heavy atom. The Hall–Kier alpha value is -4.04. The van der Waals surface area contributed by atoms with E-state index in [9.17, 15) is 18.4 Å². The number of amides is 2. The topological polar surface area (TPSA) is 70.7 Å². The number of ether oxygens (including phenoxy) is 1. The molecule has 1 fully saturated rings. The van der Waals surface area contributed by atoms with Crippen LogP contribution in [0.25, 0.3) is 5.57 Å². The largest absolute Gasteiger partial charge is 0.490 e. The number of carbonyl (C=O) groups excluding carboxylic acids is 2. The Balaban J connectivity index is 1.32. The third-order valence-corrected chi connectivity index (χ3v) is 7.90. The molecule has 2 heterocycles. The van der Waals surface area contributed by atoms with Gasteiger partial charge in [-0.1, -0.05) is 54.6 Å². The van der Waals surface area contributed by atoms with Crippen LogP contribution < -0.4 is 15.4 Å². The van der Waals surface area contributed by atoms with Crippen LogP contribution in [-0.2, 0) is 22.4 Å². The van der Waals surface area contributed by atoms with Crippen molar-refractivity contribution in [2.75, 3.05) is 26.2 Å². The fraction of sp³-hybridized carbons (Fsp3) is 0.333. The molecule has 41 heavy (non-hydrogen) atoms. The average Bonchev–Trinajstić information content (AvgIpc) is 2.96. The molecule has 2 bridgehead atoms. The summed E-state index contributed by atoms with van der Waals surface area (Å²) in [5.41, 5.74) is 5.99. The van der Waals surface area contributed by atoms with Crippen LogP contribution in [-0.4, -0.2) is 55.0 Å². The number of nitrogens with one attached hydrogen (secondary N) is 2. The smallest absolute Gasteiger partial charge is 0.249 e. The number of hydrogen-bond donors (Lipinski definition) is 2. The molecule has 6 nitrogen and oxygen atoms in total. The fourth-order valence-corrected chi connectivity index (χ4v) is 5.68. The van der Waals surface area contributed by atoms with Gasteiger partial charge in [0.05, 0.1) is 12.6 Å². The third-order valence-electron chi connectivity index (χ3n) is 7.90. The van der Waals surface area contributed by atoms with E-state index in [1.807, 2.05) is 41.3 Å². The molecule has 5 rings (SSSR count). The second-order valence-corrected chi connectivity index (χ2v) is 10.7. The maximum Gasteiger partial charge on any atom is 0.249 e. The number of benzene rings is 3. The van der Waals surface area contributed by atoms with E-state index >= 15 is 0 Å². The molecule has 2 atom stereocenters. The van der Waals surface area contributed by atoms with E-state index in [2.05, 4.69) is 29.7 Å². The maximum atomic E-state index is 13.9. The van der Waals surface area contributed by atoms with E-state index in [0.29, 0.717) is 38.0 Å². The van der Waals surface area contributed by atoms with Gasteiger partial charge < -0.3 is 20.3 Å². The van der Waals surface area contributed by atoms with Crippen LogP contribution in [0, 0.1) is 18.6 Å². The summed E-state index contributed by atoms with van der Waals surface area (Å²) in [6, 6.07) is 19.8. The maximum absolute atomic E-state index is 13.9. The first-order chi connectivity index (χ1) is 19.8. The fourth-order valence-electron chi connectivity index (χ4n) is 5.68. The molecule has 0 aliphatic carbocycles. The summed E-state index contributed by atoms with van der Waals surface area (Å²) in [5.74, 6) is -2.14. The third kappa shape index (κ3) is 6.65. The van der Waals surface area contributed by atoms with Gasteiger partial charge in [0.15, 0.2) is 11.6 Å². The molecule has 0 aromatic heterocycles. The predicted octanol–water partition coefficient (Wildman–Crippen LogP) is 4.60. The Morgan fingerprint density at radius 1 is 1.00 bits per heavy atom. The number of halogens is 2. The highest BCUT2D eigenvalue weighted by molar-refractivity contribution is 6.03. The molecule has 2 aliphatic rings. The normalized spacial score (nSPS) is 18.3. The minimum absolute atomic E-state index is 0.00829. The van der Waals surface area contributed by atoms with E-state index in [0.717, 1.165) is 29.2 Å². The first-order valence-electron chi connectivity index (χ1n) is 14.0. The van der Waals surface area contributed by atoms with Crippen LogP contribution in [0.15, 0.2) is 72.3 Å². The van der Waals surface area contributed by atoms with Gasteiger partial charge in [0.25, 0.3) is 0 Å². The molecule has 2 unspecified atom stereocenters. The number of nitrogens with zero attached hydrogens (tertiary/aromatic N) is 1. The first-order valence-corrected chi connectivity index (χ1v) is 14.0. The van der Waals surface area contributed by atoms with Crippen molar-refractivity contribution in [2.24, 2.45) is 0 Å². The zero-order chi connectivity index (χ0) is 28.9. The lowest BCUT2D eigenvalue weighted by molar-refractivity contribution is -0.131. The number of fused-ring (bicyclic) bond motifs is 2. The van der Waals surface area contributed by atoms with Gasteiger partial charge in [-0.05, 0) is 59.7 Å². The van der Waals surface area contributed by atoms with Crippen molar-refractivity contribution in [3.05, 3.63) is 106 Å². The zero-order valence-electron chi connectivity index (χ0n) is 23.4. The summed E-state index contributed by atoms with van der Waals surface area (Å²) in [6.45, 7) is 5.39. The van der Waals surface area contributed by atoms with E-state index in [4.69, 9.17) is 4.74 Å². The van der Waals surface area contributed by atoms with Crippen molar-refractivity contribution in [1.29, 1.82) is 0 Å². The summed E-state index contributed by atoms with van der Waals surface area (Å²) in [4.78, 5) is 27.7. The highest BCUT2D eigenvalue weighted by Crippen LogP contribution is 2.33. The van der Waals surface area contributed by atoms with Gasteiger partial charge in [-0.3, -0.25) is 9.59 Å². The summed E-state index contributed by atoms with van der Waals surface area (Å²) in [5, 5.41) is 6.69. The number of hydrogen-bond acceptors (Lipinski definition) is 4. The highest BCUT2D eigenvalue weighted by atomic mass is 19.2. The van der Waals surface area contributed by atoms with Crippen LogP contribution in [0.4, 0.5) is 8.78 Å². The standard InChI is InChI=1S/C33H35F2N3O3/c1-21-6-3-4-7-24(21)14-16-36-33(40)31-27(18-26-19-38(22(2)39)20-29(31)37-26)25-12-10-23(11-13-25)15-17-41-30-9-5-8-28(34)32(30)35/h3-13,26,29,37H,14-20H2,1-2H3,(H,36,40). The number of piperazine rings is 1. The lowest BCUT2D eigenvalue weighted by Crippen LogP contribution is -2.61. The Kier molecular flexibility index (Phi) is 8.78. The number of rotatable bonds is 9. The predicted molar refractivity (Wildman–Crippen MR) is 154 cm³/mol. The second-order valence-electron chi connectivity index (χ2n) is 10.7. The monoisotopic (exact) mass is 559 g/mol. The molecule has 2 amide bonds. The second kappa shape index (κ2) is 12.6. The van der Waals surface area contributed by atoms with Gasteiger partial charge >= 0.3 is 0 Å². The Morgan fingerprint density at radius 2 is 1.78 bits per heavy atom. The van der Waals surface area contributed by atoms with Crippen LogP contribution in [0.1, 0.15) is 35.6 Å². The molecular formula is C33H35F2N3O3. The van der Waals surface area contributed by atoms with Crippen LogP contribution in [0.5, 0.6) is 5.75 Å². The molecular weight excluding hydrogens is 524 g/mol. The summed E-state index contributed by atoms with van der Waals surface area (Å²) >= 11 is 0. The van der Waals surface area contributed by atoms with Crippen molar-refractivity contribution >= 4 is 17.4 Å². The lowest BCUT2D eigenvalue weighted by Gasteiger charge is -2.44. The quantitative estimate of drug-likeness (QED) is 0.402. The molecule has 3 aromatic rings. The van der Waals surface area contributed by atoms with Gasteiger partial charge in [-0.2, -0.15) is 4.39 Å². The molecule has 214 valence electrons. The van der Waals surface area contributed by atoms with Crippen molar-refractivity contribution in [3.8, 4) is 5.75 Å². The highest BCUT2D eigenvalue weighted by Gasteiger charge is 2.38. The molecule has 3 aromatic carbocycles. The average molecular weight is 560 g/mol. The Bertz CT molecular complexity index is 1450. The first kappa shape index (κ1) is 28.5. The SMILES string of the molecule is CC(=O)N1CC2CC(c3ccc(CCOc4cccc(F)c4F)cc3)=C(C(=O)NCCc3ccccc3C)C(C1)N2. The summed E-state index contributed by atoms with van der Waals surface area (Å²) < 4.78 is 32.8. The molecule has 0 saturated carbocycles. The van der Waals surface area contributed by atoms with E-state index in [1.165, 1.54) is 23.3 Å². The molecule has 1 saturated heterocycles. The number of carbonyl (C=O) groups is 2. The van der Waals surface area contributed by atoms with Gasteiger partial charge in [-0.15, -0.1) is 0 Å². The van der Waals surface area contributed by atoms with Crippen LogP contribution in [0.3, 0.4) is 0 Å². The van der Waals surface area contributed by atoms with E-state index < -0.39 is 11.6 Å². The van der Waals surface area contributed by atoms with Crippen molar-refractivity contribution in [2.45, 2.75) is 45.2 Å². The van der Waals surface area contributed by atoms with Gasteiger partial charge in [0.1, 0.15) is 0 Å². The van der Waals surface area contributed by atoms with Crippen molar-refractivity contribution in [1.82, 2.24) is 15.5 Å². The Labute approximate surface area is 239 Å². The van der Waals surface area contributed by atoms with Crippen molar-refractivity contribution in [3.63, 3.8) is 0 Å². The van der Waals surface area contributed by atoms with Crippen LogP contribution in [0.2, 0.25) is 0 Å². The summed E-state index contributed by atoms with van der Waals surface area (Å²) in [6.07, 6.45) is 1.88. The minimum Gasteiger partial charge on any atom is -0.490 e. The molecule has 8 heteroatoms. The lowest BCUT2D eigenvalue weighted by atomic mass is 9.83. The van der Waals surface area contributed by atoms with Gasteiger partial charge in [-0.25, -0.2) is 4.39 Å². The minimum atomic E-state index is -0.987. The van der Waals surface area contributed by atoms with Gasteiger partial charge in [0, 0.05) is 44.6 Å². The summed E-state index contributed by atoms with van der Waals surface area (Å²) in [7, 11) is 0. The van der Waals surface area contributed by atoms with E-state index in [-0.39, 0.29) is 36.3 Å². The van der Waals surface area contributed by atoms with Crippen LogP contribution >= 0.6 is 0 Å². The van der Waals surface area contributed by atoms with E-state index in [1.54, 1.807) is 6.92 Å². The molecule has 2 N–H and O–H groups in total. The molecule has 2 aliphatic heterocycles. The molecule has 0 radical (unpaired) electrons. The zero-order valence-corrected chi connectivity index (χ0v) is 23.4. The van der Waals surface area contributed by atoms with Crippen molar-refractivity contribution < 1.29 is 23.1 Å². The number of aryl methyl sites for hydroxylation is 1. The van der Waals surface area contributed by atoms with Gasteiger partial charge in [0.2, 0.25) is 17.6 Å². The molecule has 0 spiro atoms.